The van der Waals surface area contributed by atoms with E-state index in [-0.39, 0.29) is 10.8 Å². The standard InChI is InChI=1S/C29H25Cl2FN4O5S/c1-17(21-5-3-4-6-23(21)30)41-28(38)34-26-24(31)16-33-36(26)20-10-7-18(8-11-20)22-12-9-19(15-25(22)32)29(13-14-29)27(37)35-42(2,39)40/h3-12,15-17H,13-14H2,1-2H3,(H,34,38)(H,35,37)/t17-/m1/s1. The number of sulfonamides is 1. The number of hydrogen-bond donors (Lipinski definition) is 2. The number of rotatable bonds is 8. The topological polar surface area (TPSA) is 119 Å². The van der Waals surface area contributed by atoms with Gasteiger partial charge in [0.1, 0.15) is 16.9 Å². The van der Waals surface area contributed by atoms with Crippen LogP contribution in [0.1, 0.15) is 37.0 Å². The molecule has 218 valence electrons. The molecule has 1 aliphatic carbocycles. The van der Waals surface area contributed by atoms with E-state index in [1.165, 1.54) is 16.9 Å². The second kappa shape index (κ2) is 11.4. The van der Waals surface area contributed by atoms with E-state index in [1.54, 1.807) is 67.6 Å². The Morgan fingerprint density at radius 3 is 2.36 bits per heavy atom. The molecule has 0 unspecified atom stereocenters. The average molecular weight is 632 g/mol. The Bertz CT molecular complexity index is 1790. The number of nitrogens with zero attached hydrogens (tertiary/aromatic N) is 2. The molecule has 1 saturated carbocycles. The summed E-state index contributed by atoms with van der Waals surface area (Å²) >= 11 is 12.5. The number of carbonyl (C=O) groups excluding carboxylic acids is 2. The number of hydrogen-bond acceptors (Lipinski definition) is 6. The molecule has 13 heteroatoms. The molecule has 42 heavy (non-hydrogen) atoms. The number of ether oxygens (including phenoxy) is 1. The summed E-state index contributed by atoms with van der Waals surface area (Å²) in [5.74, 6) is -1.04. The van der Waals surface area contributed by atoms with Gasteiger partial charge >= 0.3 is 6.09 Å². The summed E-state index contributed by atoms with van der Waals surface area (Å²) in [5.41, 5.74) is 1.38. The molecule has 4 aromatic rings. The van der Waals surface area contributed by atoms with Crippen molar-refractivity contribution in [1.82, 2.24) is 14.5 Å². The largest absolute Gasteiger partial charge is 0.441 e. The SMILES string of the molecule is C[C@@H](OC(=O)Nc1c(Cl)cnn1-c1ccc(-c2ccc(C3(C(=O)NS(C)(=O)=O)CC3)cc2F)cc1)c1ccccc1Cl. The number of halogens is 3. The van der Waals surface area contributed by atoms with E-state index in [2.05, 4.69) is 10.4 Å². The first-order valence-corrected chi connectivity index (χ1v) is 15.4. The molecular weight excluding hydrogens is 606 g/mol. The summed E-state index contributed by atoms with van der Waals surface area (Å²) in [6, 6.07) is 18.2. The molecule has 0 radical (unpaired) electrons. The predicted octanol–water partition coefficient (Wildman–Crippen LogP) is 6.40. The van der Waals surface area contributed by atoms with Crippen molar-refractivity contribution in [2.75, 3.05) is 11.6 Å². The van der Waals surface area contributed by atoms with Crippen LogP contribution in [0, 0.1) is 5.82 Å². The summed E-state index contributed by atoms with van der Waals surface area (Å²) < 4.78 is 47.1. The van der Waals surface area contributed by atoms with Gasteiger partial charge < -0.3 is 4.74 Å². The Hall–Kier alpha value is -3.93. The monoisotopic (exact) mass is 630 g/mol. The van der Waals surface area contributed by atoms with Gasteiger partial charge in [-0.25, -0.2) is 22.3 Å². The van der Waals surface area contributed by atoms with Gasteiger partial charge in [-0.05, 0) is 55.2 Å². The molecule has 5 rings (SSSR count). The number of benzene rings is 3. The average Bonchev–Trinajstić information content (AvgIpc) is 3.67. The fraction of sp³-hybridized carbons (Fsp3) is 0.207. The summed E-state index contributed by atoms with van der Waals surface area (Å²) in [4.78, 5) is 25.2. The molecule has 2 N–H and O–H groups in total. The first-order chi connectivity index (χ1) is 19.9. The van der Waals surface area contributed by atoms with E-state index < -0.39 is 39.4 Å². The van der Waals surface area contributed by atoms with Gasteiger partial charge in [-0.1, -0.05) is 65.7 Å². The van der Waals surface area contributed by atoms with E-state index in [0.29, 0.717) is 45.8 Å². The zero-order valence-corrected chi connectivity index (χ0v) is 24.7. The molecular formula is C29H25Cl2FN4O5S. The number of amides is 2. The normalized spacial score (nSPS) is 14.6. The van der Waals surface area contributed by atoms with Crippen LogP contribution in [0.25, 0.3) is 16.8 Å². The Labute approximate surface area is 251 Å². The van der Waals surface area contributed by atoms with Gasteiger partial charge in [0.2, 0.25) is 15.9 Å². The summed E-state index contributed by atoms with van der Waals surface area (Å²) in [7, 11) is -3.73. The van der Waals surface area contributed by atoms with Gasteiger partial charge in [-0.2, -0.15) is 5.10 Å². The molecule has 0 saturated heterocycles. The van der Waals surface area contributed by atoms with Crippen molar-refractivity contribution in [1.29, 1.82) is 0 Å². The maximum absolute atomic E-state index is 15.2. The van der Waals surface area contributed by atoms with Crippen LogP contribution < -0.4 is 10.0 Å². The van der Waals surface area contributed by atoms with Crippen LogP contribution in [0.15, 0.2) is 72.9 Å². The maximum atomic E-state index is 15.2. The van der Waals surface area contributed by atoms with Gasteiger partial charge in [-0.15, -0.1) is 0 Å². The molecule has 1 aliphatic rings. The molecule has 3 aromatic carbocycles. The van der Waals surface area contributed by atoms with Gasteiger partial charge in [0.25, 0.3) is 0 Å². The van der Waals surface area contributed by atoms with Crippen molar-refractivity contribution in [3.63, 3.8) is 0 Å². The lowest BCUT2D eigenvalue weighted by Gasteiger charge is -2.17. The highest BCUT2D eigenvalue weighted by Gasteiger charge is 2.52. The van der Waals surface area contributed by atoms with Crippen LogP contribution in [0.3, 0.4) is 0 Å². The Kier molecular flexibility index (Phi) is 8.02. The second-order valence-electron chi connectivity index (χ2n) is 9.97. The minimum Gasteiger partial charge on any atom is -0.441 e. The van der Waals surface area contributed by atoms with Crippen molar-refractivity contribution in [3.8, 4) is 16.8 Å². The minimum atomic E-state index is -3.73. The highest BCUT2D eigenvalue weighted by atomic mass is 35.5. The lowest BCUT2D eigenvalue weighted by atomic mass is 9.92. The highest BCUT2D eigenvalue weighted by molar-refractivity contribution is 7.89. The zero-order chi connectivity index (χ0) is 30.2. The third kappa shape index (κ3) is 6.13. The predicted molar refractivity (Wildman–Crippen MR) is 158 cm³/mol. The van der Waals surface area contributed by atoms with Gasteiger partial charge in [0.15, 0.2) is 5.82 Å². The van der Waals surface area contributed by atoms with Crippen LogP contribution in [-0.2, 0) is 25.0 Å². The van der Waals surface area contributed by atoms with Crippen molar-refractivity contribution >= 4 is 51.0 Å². The Morgan fingerprint density at radius 1 is 1.05 bits per heavy atom. The molecule has 1 aromatic heterocycles. The molecule has 1 fully saturated rings. The molecule has 0 bridgehead atoms. The lowest BCUT2D eigenvalue weighted by Crippen LogP contribution is -2.38. The first-order valence-electron chi connectivity index (χ1n) is 12.8. The number of carbonyl (C=O) groups is 2. The number of nitrogens with one attached hydrogen (secondary N) is 2. The number of aromatic nitrogens is 2. The van der Waals surface area contributed by atoms with E-state index in [0.717, 1.165) is 6.26 Å². The first kappa shape index (κ1) is 29.6. The molecule has 1 atom stereocenters. The van der Waals surface area contributed by atoms with Crippen LogP contribution in [0.5, 0.6) is 0 Å². The quantitative estimate of drug-likeness (QED) is 0.232. The highest BCUT2D eigenvalue weighted by Crippen LogP contribution is 2.49. The van der Waals surface area contributed by atoms with Crippen LogP contribution in [0.4, 0.5) is 15.0 Å². The summed E-state index contributed by atoms with van der Waals surface area (Å²) in [6.07, 6.45) is 1.74. The Morgan fingerprint density at radius 2 is 1.74 bits per heavy atom. The van der Waals surface area contributed by atoms with Crippen LogP contribution >= 0.6 is 23.2 Å². The van der Waals surface area contributed by atoms with Crippen LogP contribution in [-0.4, -0.2) is 36.5 Å². The minimum absolute atomic E-state index is 0.178. The molecule has 2 amide bonds. The van der Waals surface area contributed by atoms with Gasteiger partial charge in [0, 0.05) is 16.1 Å². The van der Waals surface area contributed by atoms with Crippen molar-refractivity contribution in [2.24, 2.45) is 0 Å². The van der Waals surface area contributed by atoms with E-state index in [4.69, 9.17) is 27.9 Å². The summed E-state index contributed by atoms with van der Waals surface area (Å²) in [5, 5.41) is 7.50. The van der Waals surface area contributed by atoms with Gasteiger partial charge in [-0.3, -0.25) is 14.8 Å². The van der Waals surface area contributed by atoms with Crippen LogP contribution in [0.2, 0.25) is 10.0 Å². The van der Waals surface area contributed by atoms with E-state index >= 15 is 4.39 Å². The molecule has 9 nitrogen and oxygen atoms in total. The second-order valence-corrected chi connectivity index (χ2v) is 12.5. The van der Waals surface area contributed by atoms with Crippen molar-refractivity contribution in [2.45, 2.75) is 31.3 Å². The maximum Gasteiger partial charge on any atom is 0.413 e. The van der Waals surface area contributed by atoms with E-state index in [1.807, 2.05) is 4.72 Å². The van der Waals surface area contributed by atoms with Gasteiger partial charge in [0.05, 0.1) is 23.6 Å². The smallest absolute Gasteiger partial charge is 0.413 e. The van der Waals surface area contributed by atoms with Crippen molar-refractivity contribution in [3.05, 3.63) is 99.9 Å². The molecule has 0 spiro atoms. The van der Waals surface area contributed by atoms with E-state index in [9.17, 15) is 18.0 Å². The molecule has 0 aliphatic heterocycles. The Balaban J connectivity index is 1.32. The van der Waals surface area contributed by atoms with Crippen molar-refractivity contribution < 1.29 is 27.1 Å². The third-order valence-corrected chi connectivity index (χ3v) is 8.16. The third-order valence-electron chi connectivity index (χ3n) is 6.98. The zero-order valence-electron chi connectivity index (χ0n) is 22.4. The fourth-order valence-electron chi connectivity index (χ4n) is 4.66. The lowest BCUT2D eigenvalue weighted by molar-refractivity contribution is -0.121. The number of anilines is 1. The summed E-state index contributed by atoms with van der Waals surface area (Å²) in [6.45, 7) is 1.69. The molecule has 1 heterocycles. The fourth-order valence-corrected chi connectivity index (χ4v) is 5.65.